The van der Waals surface area contributed by atoms with Gasteiger partial charge in [0.05, 0.1) is 11.8 Å². The maximum Gasteiger partial charge on any atom is 0.152 e. The van der Waals surface area contributed by atoms with Gasteiger partial charge in [0.25, 0.3) is 0 Å². The Labute approximate surface area is 102 Å². The molecule has 3 N–H and O–H groups in total. The van der Waals surface area contributed by atoms with E-state index < -0.39 is 0 Å². The summed E-state index contributed by atoms with van der Waals surface area (Å²) in [4.78, 5) is 8.55. The highest BCUT2D eigenvalue weighted by Crippen LogP contribution is 2.28. The van der Waals surface area contributed by atoms with Gasteiger partial charge in [0.15, 0.2) is 5.82 Å². The topological polar surface area (TPSA) is 65.6 Å². The lowest BCUT2D eigenvalue weighted by atomic mass is 10.2. The second-order valence-corrected chi connectivity index (χ2v) is 4.87. The third-order valence-electron chi connectivity index (χ3n) is 3.06. The van der Waals surface area contributed by atoms with Crippen molar-refractivity contribution in [3.8, 4) is 0 Å². The quantitative estimate of drug-likeness (QED) is 0.783. The molecule has 17 heavy (non-hydrogen) atoms. The van der Waals surface area contributed by atoms with Crippen LogP contribution in [0, 0.1) is 0 Å². The van der Waals surface area contributed by atoms with Crippen LogP contribution in [0.3, 0.4) is 0 Å². The van der Waals surface area contributed by atoms with E-state index in [1.165, 1.54) is 0 Å². The van der Waals surface area contributed by atoms with E-state index in [4.69, 9.17) is 5.73 Å². The Morgan fingerprint density at radius 1 is 1.59 bits per heavy atom. The highest BCUT2D eigenvalue weighted by molar-refractivity contribution is 5.63. The normalized spacial score (nSPS) is 24.6. The summed E-state index contributed by atoms with van der Waals surface area (Å²) >= 11 is 0. The minimum Gasteiger partial charge on any atom is -0.396 e. The lowest BCUT2D eigenvalue weighted by molar-refractivity contribution is 0.191. The lowest BCUT2D eigenvalue weighted by Crippen LogP contribution is -2.38. The molecule has 1 aromatic heterocycles. The summed E-state index contributed by atoms with van der Waals surface area (Å²) in [6, 6.07) is 3.95. The molecule has 5 heteroatoms. The zero-order valence-electron chi connectivity index (χ0n) is 10.4. The summed E-state index contributed by atoms with van der Waals surface area (Å²) in [5.41, 5.74) is 6.61. The lowest BCUT2D eigenvalue weighted by Gasteiger charge is -2.28. The van der Waals surface area contributed by atoms with Gasteiger partial charge in [-0.05, 0) is 32.6 Å². The Bertz CT molecular complexity index is 383. The van der Waals surface area contributed by atoms with Gasteiger partial charge in [-0.15, -0.1) is 0 Å². The molecule has 1 saturated heterocycles. The Morgan fingerprint density at radius 2 is 2.35 bits per heavy atom. The van der Waals surface area contributed by atoms with Crippen LogP contribution in [0.25, 0.3) is 0 Å². The maximum absolute atomic E-state index is 9.81. The van der Waals surface area contributed by atoms with Crippen molar-refractivity contribution in [2.24, 2.45) is 0 Å². The smallest absolute Gasteiger partial charge is 0.152 e. The molecule has 2 rings (SSSR count). The summed E-state index contributed by atoms with van der Waals surface area (Å²) in [5.74, 6) is 0.788. The van der Waals surface area contributed by atoms with Crippen LogP contribution in [0.5, 0.6) is 0 Å². The molecule has 2 atom stereocenters. The van der Waals surface area contributed by atoms with Crippen LogP contribution in [0.15, 0.2) is 18.3 Å². The van der Waals surface area contributed by atoms with Crippen LogP contribution in [-0.4, -0.2) is 54.3 Å². The molecule has 1 aromatic rings. The Morgan fingerprint density at radius 3 is 3.00 bits per heavy atom. The van der Waals surface area contributed by atoms with E-state index in [-0.39, 0.29) is 12.1 Å². The number of nitrogen functional groups attached to an aromatic ring is 1. The average Bonchev–Trinajstić information content (AvgIpc) is 2.59. The summed E-state index contributed by atoms with van der Waals surface area (Å²) in [5, 5.41) is 9.81. The van der Waals surface area contributed by atoms with Crippen molar-refractivity contribution in [1.82, 2.24) is 9.88 Å². The van der Waals surface area contributed by atoms with Crippen LogP contribution >= 0.6 is 0 Å². The number of β-amino-alcohol motifs (C(OH)–C–C–N with tert-alkyl or cyclic N) is 1. The molecule has 5 nitrogen and oxygen atoms in total. The number of aliphatic hydroxyl groups is 1. The molecular formula is C12H20N4O. The fourth-order valence-corrected chi connectivity index (χ4v) is 2.40. The molecule has 0 amide bonds. The second-order valence-electron chi connectivity index (χ2n) is 4.87. The van der Waals surface area contributed by atoms with Crippen molar-refractivity contribution in [2.45, 2.75) is 18.6 Å². The maximum atomic E-state index is 9.81. The van der Waals surface area contributed by atoms with Gasteiger partial charge in [0.2, 0.25) is 0 Å². The van der Waals surface area contributed by atoms with Gasteiger partial charge in [-0.3, -0.25) is 0 Å². The Hall–Kier alpha value is -1.33. The zero-order valence-corrected chi connectivity index (χ0v) is 10.4. The average molecular weight is 236 g/mol. The first kappa shape index (κ1) is 12.1. The number of hydrogen-bond donors (Lipinski definition) is 2. The van der Waals surface area contributed by atoms with E-state index in [2.05, 4.69) is 14.8 Å². The fourth-order valence-electron chi connectivity index (χ4n) is 2.40. The van der Waals surface area contributed by atoms with Crippen LogP contribution < -0.4 is 10.6 Å². The van der Waals surface area contributed by atoms with Crippen molar-refractivity contribution in [2.75, 3.05) is 37.8 Å². The molecule has 0 radical (unpaired) electrons. The molecule has 0 saturated carbocycles. The van der Waals surface area contributed by atoms with Gasteiger partial charge in [0, 0.05) is 25.3 Å². The first-order chi connectivity index (χ1) is 8.08. The molecule has 0 bridgehead atoms. The largest absolute Gasteiger partial charge is 0.396 e. The highest BCUT2D eigenvalue weighted by atomic mass is 16.3. The Kier molecular flexibility index (Phi) is 3.49. The second kappa shape index (κ2) is 4.89. The monoisotopic (exact) mass is 236 g/mol. The van der Waals surface area contributed by atoms with E-state index in [9.17, 15) is 5.11 Å². The summed E-state index contributed by atoms with van der Waals surface area (Å²) < 4.78 is 0. The van der Waals surface area contributed by atoms with Crippen molar-refractivity contribution in [1.29, 1.82) is 0 Å². The van der Waals surface area contributed by atoms with E-state index in [1.807, 2.05) is 26.2 Å². The third kappa shape index (κ3) is 2.68. The third-order valence-corrected chi connectivity index (χ3v) is 3.06. The molecule has 0 aromatic carbocycles. The predicted molar refractivity (Wildman–Crippen MR) is 69.0 cm³/mol. The predicted octanol–water partition coefficient (Wildman–Crippen LogP) is 0.165. The molecule has 2 unspecified atom stereocenters. The zero-order chi connectivity index (χ0) is 12.4. The van der Waals surface area contributed by atoms with Gasteiger partial charge in [-0.1, -0.05) is 0 Å². The molecule has 1 aliphatic rings. The molecule has 0 aliphatic carbocycles. The molecular weight excluding hydrogens is 216 g/mol. The Balaban J connectivity index is 2.21. The minimum atomic E-state index is -0.290. The number of hydrogen-bond acceptors (Lipinski definition) is 5. The number of aromatic nitrogens is 1. The van der Waals surface area contributed by atoms with Gasteiger partial charge in [-0.2, -0.15) is 0 Å². The molecule has 94 valence electrons. The first-order valence-corrected chi connectivity index (χ1v) is 5.88. The molecule has 2 heterocycles. The number of rotatable bonds is 3. The highest BCUT2D eigenvalue weighted by Gasteiger charge is 2.32. The van der Waals surface area contributed by atoms with Crippen LogP contribution in [0.4, 0.5) is 11.5 Å². The molecule has 0 spiro atoms. The van der Waals surface area contributed by atoms with Crippen molar-refractivity contribution in [3.05, 3.63) is 18.3 Å². The van der Waals surface area contributed by atoms with Gasteiger partial charge in [-0.25, -0.2) is 4.98 Å². The summed E-state index contributed by atoms with van der Waals surface area (Å²) in [6.45, 7) is 1.51. The number of pyridine rings is 1. The SMILES string of the molecule is CN(C)CC1CC(O)CN1c1ncccc1N. The van der Waals surface area contributed by atoms with Crippen molar-refractivity contribution < 1.29 is 5.11 Å². The van der Waals surface area contributed by atoms with Gasteiger partial charge < -0.3 is 20.6 Å². The number of nitrogens with zero attached hydrogens (tertiary/aromatic N) is 3. The number of aliphatic hydroxyl groups excluding tert-OH is 1. The number of anilines is 2. The van der Waals surface area contributed by atoms with Crippen molar-refractivity contribution >= 4 is 11.5 Å². The number of likely N-dealkylation sites (N-methyl/N-ethyl adjacent to an activating group) is 1. The van der Waals surface area contributed by atoms with Crippen molar-refractivity contribution in [3.63, 3.8) is 0 Å². The van der Waals surface area contributed by atoms with Crippen LogP contribution in [-0.2, 0) is 0 Å². The summed E-state index contributed by atoms with van der Waals surface area (Å²) in [6.07, 6.45) is 2.22. The first-order valence-electron chi connectivity index (χ1n) is 5.88. The molecule has 1 aliphatic heterocycles. The summed E-state index contributed by atoms with van der Waals surface area (Å²) in [7, 11) is 4.06. The van der Waals surface area contributed by atoms with E-state index in [1.54, 1.807) is 6.20 Å². The van der Waals surface area contributed by atoms with Gasteiger partial charge >= 0.3 is 0 Å². The minimum absolute atomic E-state index is 0.275. The van der Waals surface area contributed by atoms with Gasteiger partial charge in [0.1, 0.15) is 0 Å². The standard InChI is InChI=1S/C12H20N4O/c1-15(2)7-9-6-10(17)8-16(9)12-11(13)4-3-5-14-12/h3-5,9-10,17H,6-8,13H2,1-2H3. The molecule has 1 fully saturated rings. The van der Waals surface area contributed by atoms with Crippen LogP contribution in [0.1, 0.15) is 6.42 Å². The van der Waals surface area contributed by atoms with E-state index in [0.717, 1.165) is 18.8 Å². The van der Waals surface area contributed by atoms with Crippen LogP contribution in [0.2, 0.25) is 0 Å². The fraction of sp³-hybridized carbons (Fsp3) is 0.583. The van der Waals surface area contributed by atoms with E-state index in [0.29, 0.717) is 12.2 Å². The van der Waals surface area contributed by atoms with E-state index >= 15 is 0 Å². The number of nitrogens with two attached hydrogens (primary N) is 1.